The molecule has 1 aromatic carbocycles. The molecule has 0 radical (unpaired) electrons. The standard InChI is InChI=1S/C31H44N4O7S/c1-30(2,3)33-29(39)42-25-17-11-6-4-5-10-15-23-21-31(23,32-26(36)24-16-12-19-35(24)27(25)37)28(38)34-43(40,41)20-18-22-13-8-7-9-14-22/h7-10,13-15,23-25H,4-6,11-12,16-21H2,1-3H3,(H,32,36)(H,33,39)(H,34,38)/t23-,24+,25+,31-/m1/s1. The molecular formula is C31H44N4O7S. The molecule has 2 fully saturated rings. The molecule has 12 heteroatoms. The molecule has 0 spiro atoms. The molecule has 43 heavy (non-hydrogen) atoms. The number of nitrogens with one attached hydrogen (secondary N) is 3. The zero-order chi connectivity index (χ0) is 31.3. The quantitative estimate of drug-likeness (QED) is 0.416. The molecule has 2 aliphatic heterocycles. The molecule has 4 atom stereocenters. The van der Waals surface area contributed by atoms with Crippen molar-refractivity contribution in [2.24, 2.45) is 5.92 Å². The van der Waals surface area contributed by atoms with E-state index in [0.717, 1.165) is 24.8 Å². The monoisotopic (exact) mass is 616 g/mol. The number of carbonyl (C=O) groups excluding carboxylic acids is 4. The SMILES string of the molecule is CC(C)(C)NC(=O)O[C@H]1CCCCCC=C[C@@H]2C[C@@]2(C(=O)NS(=O)(=O)CCc2ccccc2)NC(=O)[C@@H]2CCCN2C1=O. The molecule has 2 heterocycles. The first-order valence-corrected chi connectivity index (χ1v) is 16.8. The summed E-state index contributed by atoms with van der Waals surface area (Å²) >= 11 is 0. The smallest absolute Gasteiger partial charge is 0.408 e. The van der Waals surface area contributed by atoms with Crippen LogP contribution in [-0.4, -0.2) is 72.7 Å². The van der Waals surface area contributed by atoms with Crippen LogP contribution in [0, 0.1) is 5.92 Å². The lowest BCUT2D eigenvalue weighted by Gasteiger charge is -2.30. The largest absolute Gasteiger partial charge is 0.436 e. The van der Waals surface area contributed by atoms with Crippen molar-refractivity contribution in [2.75, 3.05) is 12.3 Å². The normalized spacial score (nSPS) is 26.7. The van der Waals surface area contributed by atoms with Crippen LogP contribution in [0.25, 0.3) is 0 Å². The molecule has 3 aliphatic rings. The van der Waals surface area contributed by atoms with Crippen molar-refractivity contribution in [1.82, 2.24) is 20.3 Å². The number of aryl methyl sites for hydroxylation is 1. The Morgan fingerprint density at radius 1 is 1.07 bits per heavy atom. The molecule has 0 aromatic heterocycles. The van der Waals surface area contributed by atoms with E-state index in [9.17, 15) is 27.6 Å². The summed E-state index contributed by atoms with van der Waals surface area (Å²) in [5.41, 5.74) is -1.14. The van der Waals surface area contributed by atoms with E-state index < -0.39 is 57.1 Å². The van der Waals surface area contributed by atoms with Crippen LogP contribution in [0.15, 0.2) is 42.5 Å². The number of rotatable bonds is 6. The van der Waals surface area contributed by atoms with Crippen LogP contribution < -0.4 is 15.4 Å². The van der Waals surface area contributed by atoms with Crippen molar-refractivity contribution in [1.29, 1.82) is 0 Å². The number of carbonyl (C=O) groups is 4. The Hall–Kier alpha value is -3.41. The van der Waals surface area contributed by atoms with Crippen LogP contribution in [-0.2, 0) is 35.6 Å². The van der Waals surface area contributed by atoms with Gasteiger partial charge >= 0.3 is 6.09 Å². The lowest BCUT2D eigenvalue weighted by Crippen LogP contribution is -2.57. The van der Waals surface area contributed by atoms with Gasteiger partial charge in [-0.15, -0.1) is 0 Å². The molecule has 3 N–H and O–H groups in total. The van der Waals surface area contributed by atoms with E-state index in [0.29, 0.717) is 32.2 Å². The second kappa shape index (κ2) is 13.5. The molecule has 236 valence electrons. The molecule has 11 nitrogen and oxygen atoms in total. The Bertz CT molecular complexity index is 1330. The predicted octanol–water partition coefficient (Wildman–Crippen LogP) is 2.95. The fourth-order valence-electron chi connectivity index (χ4n) is 5.68. The first kappa shape index (κ1) is 32.5. The maximum atomic E-state index is 13.7. The number of allylic oxidation sites excluding steroid dienone is 1. The first-order chi connectivity index (χ1) is 20.3. The lowest BCUT2D eigenvalue weighted by molar-refractivity contribution is -0.146. The van der Waals surface area contributed by atoms with Gasteiger partial charge in [-0.1, -0.05) is 48.9 Å². The van der Waals surface area contributed by atoms with Gasteiger partial charge in [0.2, 0.25) is 15.9 Å². The van der Waals surface area contributed by atoms with Gasteiger partial charge in [0, 0.05) is 18.0 Å². The highest BCUT2D eigenvalue weighted by Gasteiger charge is 2.61. The zero-order valence-electron chi connectivity index (χ0n) is 25.3. The second-order valence-electron chi connectivity index (χ2n) is 12.8. The third-order valence-electron chi connectivity index (χ3n) is 8.06. The summed E-state index contributed by atoms with van der Waals surface area (Å²) in [6.07, 6.45) is 6.87. The topological polar surface area (TPSA) is 151 Å². The van der Waals surface area contributed by atoms with Gasteiger partial charge in [-0.3, -0.25) is 19.1 Å². The van der Waals surface area contributed by atoms with Crippen molar-refractivity contribution in [3.63, 3.8) is 0 Å². The molecule has 0 unspecified atom stereocenters. The van der Waals surface area contributed by atoms with Gasteiger partial charge in [-0.05, 0) is 77.7 Å². The maximum Gasteiger partial charge on any atom is 0.408 e. The minimum Gasteiger partial charge on any atom is -0.436 e. The highest BCUT2D eigenvalue weighted by atomic mass is 32.2. The van der Waals surface area contributed by atoms with Crippen LogP contribution in [0.3, 0.4) is 0 Å². The van der Waals surface area contributed by atoms with Crippen LogP contribution in [0.1, 0.15) is 77.7 Å². The van der Waals surface area contributed by atoms with Crippen molar-refractivity contribution >= 4 is 33.8 Å². The number of alkyl carbamates (subject to hydrolysis) is 1. The number of benzene rings is 1. The van der Waals surface area contributed by atoms with E-state index in [1.807, 2.05) is 63.3 Å². The molecule has 1 saturated heterocycles. The lowest BCUT2D eigenvalue weighted by atomic mass is 10.1. The Labute approximate surface area is 254 Å². The predicted molar refractivity (Wildman–Crippen MR) is 161 cm³/mol. The van der Waals surface area contributed by atoms with Gasteiger partial charge in [-0.25, -0.2) is 13.2 Å². The number of hydrogen-bond donors (Lipinski definition) is 3. The number of nitrogens with zero attached hydrogens (tertiary/aromatic N) is 1. The number of ether oxygens (including phenoxy) is 1. The van der Waals surface area contributed by atoms with Crippen molar-refractivity contribution in [2.45, 2.75) is 102 Å². The molecule has 1 saturated carbocycles. The molecule has 4 rings (SSSR count). The Kier molecular flexibility index (Phi) is 10.2. The number of fused-ring (bicyclic) bond motifs is 2. The van der Waals surface area contributed by atoms with E-state index in [-0.39, 0.29) is 24.5 Å². The molecule has 0 bridgehead atoms. The highest BCUT2D eigenvalue weighted by Crippen LogP contribution is 2.45. The van der Waals surface area contributed by atoms with E-state index >= 15 is 0 Å². The molecular weight excluding hydrogens is 572 g/mol. The van der Waals surface area contributed by atoms with Crippen LogP contribution >= 0.6 is 0 Å². The zero-order valence-corrected chi connectivity index (χ0v) is 26.1. The van der Waals surface area contributed by atoms with Crippen LogP contribution in [0.4, 0.5) is 4.79 Å². The number of amides is 4. The molecule has 1 aromatic rings. The Morgan fingerprint density at radius 2 is 1.81 bits per heavy atom. The second-order valence-corrected chi connectivity index (χ2v) is 14.6. The van der Waals surface area contributed by atoms with Crippen LogP contribution in [0.5, 0.6) is 0 Å². The Balaban J connectivity index is 1.50. The molecule has 4 amide bonds. The summed E-state index contributed by atoms with van der Waals surface area (Å²) in [5.74, 6) is -2.38. The minimum atomic E-state index is -3.98. The summed E-state index contributed by atoms with van der Waals surface area (Å²) in [6, 6.07) is 8.25. The fraction of sp³-hybridized carbons (Fsp3) is 0.613. The van der Waals surface area contributed by atoms with Gasteiger partial charge in [0.05, 0.1) is 5.75 Å². The third-order valence-corrected chi connectivity index (χ3v) is 9.30. The number of sulfonamides is 1. The van der Waals surface area contributed by atoms with Crippen molar-refractivity contribution in [3.05, 3.63) is 48.0 Å². The van der Waals surface area contributed by atoms with E-state index in [2.05, 4.69) is 15.4 Å². The van der Waals surface area contributed by atoms with Crippen molar-refractivity contribution < 1.29 is 32.3 Å². The van der Waals surface area contributed by atoms with Gasteiger partial charge < -0.3 is 20.3 Å². The summed E-state index contributed by atoms with van der Waals surface area (Å²) in [4.78, 5) is 54.8. The third kappa shape index (κ3) is 8.81. The van der Waals surface area contributed by atoms with E-state index in [1.165, 1.54) is 4.90 Å². The highest BCUT2D eigenvalue weighted by molar-refractivity contribution is 7.90. The average molecular weight is 617 g/mol. The Morgan fingerprint density at radius 3 is 2.53 bits per heavy atom. The van der Waals surface area contributed by atoms with Gasteiger partial charge in [0.15, 0.2) is 6.10 Å². The summed E-state index contributed by atoms with van der Waals surface area (Å²) in [5, 5.41) is 5.55. The van der Waals surface area contributed by atoms with E-state index in [1.54, 1.807) is 0 Å². The fourth-order valence-corrected chi connectivity index (χ4v) is 6.75. The summed E-state index contributed by atoms with van der Waals surface area (Å²) in [7, 11) is -3.98. The van der Waals surface area contributed by atoms with Crippen LogP contribution in [0.2, 0.25) is 0 Å². The maximum absolute atomic E-state index is 13.7. The first-order valence-electron chi connectivity index (χ1n) is 15.2. The summed E-state index contributed by atoms with van der Waals surface area (Å²) in [6.45, 7) is 5.75. The van der Waals surface area contributed by atoms with Gasteiger partial charge in [0.1, 0.15) is 11.6 Å². The van der Waals surface area contributed by atoms with E-state index in [4.69, 9.17) is 4.74 Å². The average Bonchev–Trinajstić information content (AvgIpc) is 3.39. The van der Waals surface area contributed by atoms with Gasteiger partial charge in [-0.2, -0.15) is 0 Å². The molecule has 1 aliphatic carbocycles. The van der Waals surface area contributed by atoms with Gasteiger partial charge in [0.25, 0.3) is 11.8 Å². The van der Waals surface area contributed by atoms with Crippen molar-refractivity contribution in [3.8, 4) is 0 Å². The summed E-state index contributed by atoms with van der Waals surface area (Å²) < 4.78 is 33.5. The number of hydrogen-bond acceptors (Lipinski definition) is 7. The minimum absolute atomic E-state index is 0.238.